The lowest BCUT2D eigenvalue weighted by Gasteiger charge is -2.25. The van der Waals surface area contributed by atoms with Gasteiger partial charge in [0.1, 0.15) is 16.7 Å². The Bertz CT molecular complexity index is 964. The Hall–Kier alpha value is -2.58. The van der Waals surface area contributed by atoms with Crippen LogP contribution in [0.5, 0.6) is 0 Å². The molecule has 1 amide bonds. The lowest BCUT2D eigenvalue weighted by molar-refractivity contribution is 0.0944. The molecule has 3 heterocycles. The minimum absolute atomic E-state index is 0.244. The number of fused-ring (bicyclic) bond motifs is 1. The molecule has 0 bridgehead atoms. The molecule has 27 heavy (non-hydrogen) atoms. The van der Waals surface area contributed by atoms with Gasteiger partial charge in [-0.25, -0.2) is 18.0 Å². The summed E-state index contributed by atoms with van der Waals surface area (Å²) in [5.41, 5.74) is 1.98. The maximum Gasteiger partial charge on any atom is 0.272 e. The second-order valence-electron chi connectivity index (χ2n) is 6.51. The molecule has 8 heteroatoms. The number of imidazole rings is 1. The number of rotatable bonds is 5. The van der Waals surface area contributed by atoms with E-state index in [4.69, 9.17) is 0 Å². The van der Waals surface area contributed by atoms with Crippen LogP contribution in [0.15, 0.2) is 53.7 Å². The minimum Gasteiger partial charge on any atom is -0.347 e. The number of benzene rings is 1. The first-order chi connectivity index (χ1) is 13.2. The fraction of sp³-hybridized carbons (Fsp3) is 0.316. The summed E-state index contributed by atoms with van der Waals surface area (Å²) in [6.45, 7) is 2.16. The van der Waals surface area contributed by atoms with Crippen molar-refractivity contribution in [3.05, 3.63) is 60.0 Å². The van der Waals surface area contributed by atoms with Crippen molar-refractivity contribution in [1.29, 1.82) is 0 Å². The van der Waals surface area contributed by atoms with Crippen LogP contribution in [0.1, 0.15) is 35.3 Å². The molecular weight excluding hydrogens is 362 g/mol. The van der Waals surface area contributed by atoms with Crippen molar-refractivity contribution in [3.8, 4) is 0 Å². The van der Waals surface area contributed by atoms with Gasteiger partial charge in [-0.2, -0.15) is 5.10 Å². The molecule has 0 radical (unpaired) electrons. The molecule has 7 nitrogen and oxygen atoms in total. The third kappa shape index (κ3) is 4.06. The van der Waals surface area contributed by atoms with Crippen LogP contribution in [-0.2, 0) is 17.5 Å². The predicted octanol–water partition coefficient (Wildman–Crippen LogP) is 2.17. The van der Waals surface area contributed by atoms with E-state index in [0.29, 0.717) is 17.9 Å². The summed E-state index contributed by atoms with van der Waals surface area (Å²) in [4.78, 5) is 17.2. The zero-order valence-corrected chi connectivity index (χ0v) is 15.7. The van der Waals surface area contributed by atoms with Gasteiger partial charge in [0.25, 0.3) is 5.91 Å². The SMILES string of the molecule is O=C(NCc1ccc(S(=O)N2CCCCC2)cc1)c1ccc2nccn2n1. The Labute approximate surface area is 160 Å². The van der Waals surface area contributed by atoms with Gasteiger partial charge in [0.2, 0.25) is 0 Å². The van der Waals surface area contributed by atoms with Crippen LogP contribution in [0.3, 0.4) is 0 Å². The van der Waals surface area contributed by atoms with E-state index >= 15 is 0 Å². The van der Waals surface area contributed by atoms with Gasteiger partial charge in [0, 0.05) is 32.0 Å². The summed E-state index contributed by atoms with van der Waals surface area (Å²) in [5, 5.41) is 7.10. The van der Waals surface area contributed by atoms with Crippen molar-refractivity contribution in [1.82, 2.24) is 24.2 Å². The van der Waals surface area contributed by atoms with E-state index in [1.165, 1.54) is 6.42 Å². The monoisotopic (exact) mass is 383 g/mol. The van der Waals surface area contributed by atoms with E-state index in [9.17, 15) is 9.00 Å². The molecule has 1 aliphatic rings. The summed E-state index contributed by atoms with van der Waals surface area (Å²) < 4.78 is 16.2. The second-order valence-corrected chi connectivity index (χ2v) is 8.00. The van der Waals surface area contributed by atoms with E-state index in [1.807, 2.05) is 28.6 Å². The summed E-state index contributed by atoms with van der Waals surface area (Å²) in [7, 11) is -1.10. The van der Waals surface area contributed by atoms with Gasteiger partial charge in [-0.3, -0.25) is 4.79 Å². The lowest BCUT2D eigenvalue weighted by atomic mass is 10.2. The van der Waals surface area contributed by atoms with Crippen LogP contribution in [-0.4, -0.2) is 42.1 Å². The normalized spacial score (nSPS) is 16.3. The molecule has 1 atom stereocenters. The average Bonchev–Trinajstić information content (AvgIpc) is 3.20. The highest BCUT2D eigenvalue weighted by atomic mass is 32.2. The average molecular weight is 383 g/mol. The van der Waals surface area contributed by atoms with Crippen LogP contribution >= 0.6 is 0 Å². The van der Waals surface area contributed by atoms with Crippen molar-refractivity contribution in [2.75, 3.05) is 13.1 Å². The van der Waals surface area contributed by atoms with Crippen LogP contribution in [0.2, 0.25) is 0 Å². The van der Waals surface area contributed by atoms with Gasteiger partial charge in [-0.1, -0.05) is 18.6 Å². The second kappa shape index (κ2) is 7.98. The van der Waals surface area contributed by atoms with E-state index in [0.717, 1.165) is 36.4 Å². The minimum atomic E-state index is -1.10. The molecule has 1 unspecified atom stereocenters. The zero-order valence-electron chi connectivity index (χ0n) is 14.9. The van der Waals surface area contributed by atoms with Gasteiger partial charge in [-0.05, 0) is 42.7 Å². The summed E-state index contributed by atoms with van der Waals surface area (Å²) in [5.74, 6) is -0.244. The molecule has 1 saturated heterocycles. The Morgan fingerprint density at radius 2 is 1.85 bits per heavy atom. The van der Waals surface area contributed by atoms with E-state index < -0.39 is 11.0 Å². The summed E-state index contributed by atoms with van der Waals surface area (Å²) in [6, 6.07) is 11.0. The fourth-order valence-electron chi connectivity index (χ4n) is 3.11. The largest absolute Gasteiger partial charge is 0.347 e. The molecular formula is C19H21N5O2S. The Morgan fingerprint density at radius 3 is 2.63 bits per heavy atom. The van der Waals surface area contributed by atoms with E-state index in [2.05, 4.69) is 15.4 Å². The molecule has 2 aromatic heterocycles. The molecule has 1 fully saturated rings. The van der Waals surface area contributed by atoms with Gasteiger partial charge >= 0.3 is 0 Å². The highest BCUT2D eigenvalue weighted by molar-refractivity contribution is 7.82. The Kier molecular flexibility index (Phi) is 5.26. The molecule has 1 aliphatic heterocycles. The van der Waals surface area contributed by atoms with Crippen molar-refractivity contribution < 1.29 is 9.00 Å². The molecule has 3 aromatic rings. The highest BCUT2D eigenvalue weighted by Crippen LogP contribution is 2.17. The zero-order chi connectivity index (χ0) is 18.6. The van der Waals surface area contributed by atoms with Crippen LogP contribution in [0.4, 0.5) is 0 Å². The van der Waals surface area contributed by atoms with Gasteiger partial charge in [0.15, 0.2) is 5.65 Å². The molecule has 140 valence electrons. The number of amides is 1. The number of carbonyl (C=O) groups is 1. The van der Waals surface area contributed by atoms with E-state index in [-0.39, 0.29) is 5.91 Å². The van der Waals surface area contributed by atoms with Crippen molar-refractivity contribution in [2.45, 2.75) is 30.7 Å². The number of nitrogens with zero attached hydrogens (tertiary/aromatic N) is 4. The maximum absolute atomic E-state index is 12.6. The molecule has 0 aliphatic carbocycles. The third-order valence-electron chi connectivity index (χ3n) is 4.62. The number of nitrogens with one attached hydrogen (secondary N) is 1. The van der Waals surface area contributed by atoms with Gasteiger partial charge in [-0.15, -0.1) is 0 Å². The van der Waals surface area contributed by atoms with Crippen LogP contribution < -0.4 is 5.32 Å². The molecule has 4 rings (SSSR count). The predicted molar refractivity (Wildman–Crippen MR) is 102 cm³/mol. The number of aromatic nitrogens is 3. The smallest absolute Gasteiger partial charge is 0.272 e. The maximum atomic E-state index is 12.6. The van der Waals surface area contributed by atoms with Crippen LogP contribution in [0, 0.1) is 0 Å². The standard InChI is InChI=1S/C19H21N5O2S/c25-19(17-8-9-18-20-10-13-24(18)22-17)21-14-15-4-6-16(7-5-15)27(26)23-11-2-1-3-12-23/h4-10,13H,1-3,11-12,14H2,(H,21,25). The van der Waals surface area contributed by atoms with Crippen molar-refractivity contribution in [3.63, 3.8) is 0 Å². The molecule has 1 aromatic carbocycles. The van der Waals surface area contributed by atoms with Crippen LogP contribution in [0.25, 0.3) is 5.65 Å². The number of hydrogen-bond donors (Lipinski definition) is 1. The first-order valence-electron chi connectivity index (χ1n) is 9.05. The third-order valence-corrected chi connectivity index (χ3v) is 6.12. The van der Waals surface area contributed by atoms with Crippen molar-refractivity contribution in [2.24, 2.45) is 0 Å². The quantitative estimate of drug-likeness (QED) is 0.732. The molecule has 0 saturated carbocycles. The van der Waals surface area contributed by atoms with Gasteiger partial charge < -0.3 is 5.32 Å². The van der Waals surface area contributed by atoms with E-state index in [1.54, 1.807) is 29.0 Å². The first-order valence-corrected chi connectivity index (χ1v) is 10.2. The Morgan fingerprint density at radius 1 is 1.07 bits per heavy atom. The Balaban J connectivity index is 1.36. The summed E-state index contributed by atoms with van der Waals surface area (Å²) in [6.07, 6.45) is 6.77. The highest BCUT2D eigenvalue weighted by Gasteiger charge is 2.17. The topological polar surface area (TPSA) is 79.6 Å². The molecule has 0 spiro atoms. The fourth-order valence-corrected chi connectivity index (χ4v) is 4.37. The van der Waals surface area contributed by atoms with Gasteiger partial charge in [0.05, 0.1) is 4.90 Å². The van der Waals surface area contributed by atoms with Crippen molar-refractivity contribution >= 4 is 22.5 Å². The summed E-state index contributed by atoms with van der Waals surface area (Å²) >= 11 is 0. The number of piperidine rings is 1. The first kappa shape index (κ1) is 17.8. The number of carbonyl (C=O) groups excluding carboxylic acids is 1. The number of hydrogen-bond acceptors (Lipinski definition) is 4. The lowest BCUT2D eigenvalue weighted by Crippen LogP contribution is -2.31. The molecule has 1 N–H and O–H groups in total.